The monoisotopic (exact) mass is 431 g/mol. The Bertz CT molecular complexity index is 1220. The van der Waals surface area contributed by atoms with Gasteiger partial charge >= 0.3 is 0 Å². The Morgan fingerprint density at radius 1 is 1.00 bits per heavy atom. The van der Waals surface area contributed by atoms with Crippen molar-refractivity contribution >= 4 is 22.5 Å². The molecule has 3 aliphatic rings. The van der Waals surface area contributed by atoms with E-state index in [0.717, 1.165) is 80.3 Å². The molecule has 2 aromatic heterocycles. The summed E-state index contributed by atoms with van der Waals surface area (Å²) in [6.07, 6.45) is 3.90. The standard InChI is InChI=1S/C25H29N5O2/c1-17-16-21(18-4-2-3-5-20(18)26-17)29-10-8-25(9-11-29)7-6-19-22(25)27-24(28-23(19)31)30-12-14-32-15-13-30/h2-5,16H,6-15H2,1H3,(H,27,28,31). The number of rotatable bonds is 2. The summed E-state index contributed by atoms with van der Waals surface area (Å²) in [5, 5.41) is 1.21. The van der Waals surface area contributed by atoms with Gasteiger partial charge in [0.05, 0.1) is 24.4 Å². The zero-order valence-corrected chi connectivity index (χ0v) is 18.6. The lowest BCUT2D eigenvalue weighted by Gasteiger charge is -2.41. The number of hydrogen-bond donors (Lipinski definition) is 1. The average molecular weight is 432 g/mol. The topological polar surface area (TPSA) is 74.3 Å². The van der Waals surface area contributed by atoms with Crippen LogP contribution in [0.2, 0.25) is 0 Å². The second kappa shape index (κ2) is 7.59. The molecule has 7 heteroatoms. The maximum Gasteiger partial charge on any atom is 0.255 e. The highest BCUT2D eigenvalue weighted by Gasteiger charge is 2.44. The molecule has 0 bridgehead atoms. The number of morpholine rings is 1. The summed E-state index contributed by atoms with van der Waals surface area (Å²) in [4.78, 5) is 30.4. The molecule has 6 rings (SSSR count). The van der Waals surface area contributed by atoms with Crippen LogP contribution in [0.1, 0.15) is 36.2 Å². The van der Waals surface area contributed by atoms with Crippen molar-refractivity contribution in [3.63, 3.8) is 0 Å². The Kier molecular flexibility index (Phi) is 4.68. The second-order valence-electron chi connectivity index (χ2n) is 9.38. The third-order valence-corrected chi connectivity index (χ3v) is 7.55. The van der Waals surface area contributed by atoms with Crippen molar-refractivity contribution in [3.05, 3.63) is 57.6 Å². The number of nitrogens with one attached hydrogen (secondary N) is 1. The van der Waals surface area contributed by atoms with Gasteiger partial charge in [-0.25, -0.2) is 4.98 Å². The van der Waals surface area contributed by atoms with Gasteiger partial charge in [0.1, 0.15) is 0 Å². The van der Waals surface area contributed by atoms with E-state index in [9.17, 15) is 4.79 Å². The van der Waals surface area contributed by atoms with Crippen molar-refractivity contribution < 1.29 is 4.74 Å². The minimum atomic E-state index is 0.0129. The molecule has 2 fully saturated rings. The summed E-state index contributed by atoms with van der Waals surface area (Å²) in [5.41, 5.74) is 5.39. The predicted molar refractivity (Wildman–Crippen MR) is 126 cm³/mol. The molecule has 166 valence electrons. The van der Waals surface area contributed by atoms with Crippen molar-refractivity contribution in [2.24, 2.45) is 0 Å². The molecular formula is C25H29N5O2. The third kappa shape index (κ3) is 3.18. The van der Waals surface area contributed by atoms with Crippen LogP contribution in [-0.4, -0.2) is 54.3 Å². The molecule has 0 saturated carbocycles. The summed E-state index contributed by atoms with van der Waals surface area (Å²) < 4.78 is 5.48. The van der Waals surface area contributed by atoms with E-state index in [1.807, 2.05) is 0 Å². The molecule has 32 heavy (non-hydrogen) atoms. The first-order chi connectivity index (χ1) is 15.6. The first-order valence-corrected chi connectivity index (χ1v) is 11.7. The molecule has 0 atom stereocenters. The number of benzene rings is 1. The van der Waals surface area contributed by atoms with Crippen LogP contribution in [0.25, 0.3) is 10.9 Å². The SMILES string of the molecule is Cc1cc(N2CCC3(CCc4c3nc(N3CCOCC3)[nH]c4=O)CC2)c2ccccc2n1. The van der Waals surface area contributed by atoms with Gasteiger partial charge in [-0.2, -0.15) is 0 Å². The van der Waals surface area contributed by atoms with Gasteiger partial charge in [-0.1, -0.05) is 18.2 Å². The zero-order valence-electron chi connectivity index (χ0n) is 18.6. The van der Waals surface area contributed by atoms with Gasteiger partial charge in [-0.15, -0.1) is 0 Å². The first-order valence-electron chi connectivity index (χ1n) is 11.7. The largest absolute Gasteiger partial charge is 0.378 e. The Morgan fingerprint density at radius 2 is 1.78 bits per heavy atom. The molecule has 7 nitrogen and oxygen atoms in total. The van der Waals surface area contributed by atoms with E-state index in [1.165, 1.54) is 11.1 Å². The van der Waals surface area contributed by atoms with Crippen molar-refractivity contribution in [2.75, 3.05) is 49.2 Å². The molecule has 2 aliphatic heterocycles. The van der Waals surface area contributed by atoms with E-state index >= 15 is 0 Å². The molecule has 0 radical (unpaired) electrons. The van der Waals surface area contributed by atoms with Crippen LogP contribution in [0, 0.1) is 6.92 Å². The van der Waals surface area contributed by atoms with Gasteiger partial charge in [0.15, 0.2) is 0 Å². The van der Waals surface area contributed by atoms with E-state index in [2.05, 4.69) is 52.0 Å². The molecule has 1 aromatic carbocycles. The van der Waals surface area contributed by atoms with Gasteiger partial charge in [-0.3, -0.25) is 14.8 Å². The molecule has 0 amide bonds. The average Bonchev–Trinajstić information content (AvgIpc) is 3.18. The number of H-pyrrole nitrogens is 1. The third-order valence-electron chi connectivity index (χ3n) is 7.55. The fourth-order valence-corrected chi connectivity index (χ4v) is 5.77. The summed E-state index contributed by atoms with van der Waals surface area (Å²) >= 11 is 0. The van der Waals surface area contributed by atoms with Gasteiger partial charge in [0.2, 0.25) is 5.95 Å². The highest BCUT2D eigenvalue weighted by Crippen LogP contribution is 2.45. The van der Waals surface area contributed by atoms with Crippen molar-refractivity contribution in [2.45, 2.75) is 38.0 Å². The Balaban J connectivity index is 1.31. The van der Waals surface area contributed by atoms with E-state index in [4.69, 9.17) is 14.7 Å². The summed E-state index contributed by atoms with van der Waals surface area (Å²) in [6, 6.07) is 10.6. The van der Waals surface area contributed by atoms with Crippen LogP contribution in [0.5, 0.6) is 0 Å². The van der Waals surface area contributed by atoms with Crippen LogP contribution in [0.4, 0.5) is 11.6 Å². The summed E-state index contributed by atoms with van der Waals surface area (Å²) in [6.45, 7) is 6.91. The van der Waals surface area contributed by atoms with E-state index < -0.39 is 0 Å². The molecule has 0 unspecified atom stereocenters. The number of nitrogens with zero attached hydrogens (tertiary/aromatic N) is 4. The number of aromatic nitrogens is 3. The summed E-state index contributed by atoms with van der Waals surface area (Å²) in [5.74, 6) is 0.719. The fraction of sp³-hybridized carbons (Fsp3) is 0.480. The second-order valence-corrected chi connectivity index (χ2v) is 9.38. The van der Waals surface area contributed by atoms with Crippen molar-refractivity contribution in [3.8, 4) is 0 Å². The highest BCUT2D eigenvalue weighted by molar-refractivity contribution is 5.92. The minimum absolute atomic E-state index is 0.0129. The molecular weight excluding hydrogens is 402 g/mol. The van der Waals surface area contributed by atoms with Crippen LogP contribution < -0.4 is 15.4 Å². The number of piperidine rings is 1. The number of para-hydroxylation sites is 1. The lowest BCUT2D eigenvalue weighted by molar-refractivity contribution is 0.122. The van der Waals surface area contributed by atoms with Gasteiger partial charge in [0, 0.05) is 53.9 Å². The Morgan fingerprint density at radius 3 is 2.59 bits per heavy atom. The number of fused-ring (bicyclic) bond motifs is 3. The quantitative estimate of drug-likeness (QED) is 0.673. The Labute approximate surface area is 187 Å². The first kappa shape index (κ1) is 19.7. The smallest absolute Gasteiger partial charge is 0.255 e. The zero-order chi connectivity index (χ0) is 21.7. The van der Waals surface area contributed by atoms with Crippen molar-refractivity contribution in [1.82, 2.24) is 15.0 Å². The molecule has 1 spiro atoms. The maximum atomic E-state index is 12.9. The van der Waals surface area contributed by atoms with Crippen LogP contribution in [-0.2, 0) is 16.6 Å². The van der Waals surface area contributed by atoms with Crippen LogP contribution >= 0.6 is 0 Å². The Hall–Kier alpha value is -2.93. The molecule has 1 aliphatic carbocycles. The van der Waals surface area contributed by atoms with Gasteiger partial charge < -0.3 is 14.5 Å². The normalized spacial score (nSPS) is 20.2. The van der Waals surface area contributed by atoms with Gasteiger partial charge in [-0.05, 0) is 44.7 Å². The van der Waals surface area contributed by atoms with Crippen molar-refractivity contribution in [1.29, 1.82) is 0 Å². The van der Waals surface area contributed by atoms with Crippen LogP contribution in [0.3, 0.4) is 0 Å². The number of aromatic amines is 1. The number of hydrogen-bond acceptors (Lipinski definition) is 6. The molecule has 2 saturated heterocycles. The number of aryl methyl sites for hydroxylation is 1. The molecule has 4 heterocycles. The molecule has 1 N–H and O–H groups in total. The minimum Gasteiger partial charge on any atom is -0.378 e. The maximum absolute atomic E-state index is 12.9. The van der Waals surface area contributed by atoms with Gasteiger partial charge in [0.25, 0.3) is 5.56 Å². The van der Waals surface area contributed by atoms with E-state index in [1.54, 1.807) is 0 Å². The molecule has 3 aromatic rings. The van der Waals surface area contributed by atoms with E-state index in [0.29, 0.717) is 13.2 Å². The number of anilines is 2. The van der Waals surface area contributed by atoms with Crippen LogP contribution in [0.15, 0.2) is 35.1 Å². The van der Waals surface area contributed by atoms with E-state index in [-0.39, 0.29) is 11.0 Å². The lowest BCUT2D eigenvalue weighted by atomic mass is 9.76. The fourth-order valence-electron chi connectivity index (χ4n) is 5.77. The summed E-state index contributed by atoms with van der Waals surface area (Å²) in [7, 11) is 0. The number of ether oxygens (including phenoxy) is 1. The number of pyridine rings is 1. The lowest BCUT2D eigenvalue weighted by Crippen LogP contribution is -2.43. The predicted octanol–water partition coefficient (Wildman–Crippen LogP) is 2.95. The highest BCUT2D eigenvalue weighted by atomic mass is 16.5.